The van der Waals surface area contributed by atoms with Crippen molar-refractivity contribution < 1.29 is 9.53 Å². The Hall–Kier alpha value is -2.29. The van der Waals surface area contributed by atoms with E-state index in [1.165, 1.54) is 24.0 Å². The second-order valence-corrected chi connectivity index (χ2v) is 6.16. The predicted octanol–water partition coefficient (Wildman–Crippen LogP) is 4.07. The zero-order valence-corrected chi connectivity index (χ0v) is 13.8. The lowest BCUT2D eigenvalue weighted by Crippen LogP contribution is -2.26. The van der Waals surface area contributed by atoms with Gasteiger partial charge in [-0.1, -0.05) is 18.2 Å². The molecule has 0 heterocycles. The SMILES string of the molecule is COc1ccc(C(C)NC(=O)c2ccc3c(c2)CCCC3)cc1. The van der Waals surface area contributed by atoms with Crippen LogP contribution in [0, 0.1) is 0 Å². The van der Waals surface area contributed by atoms with E-state index in [0.29, 0.717) is 0 Å². The van der Waals surface area contributed by atoms with E-state index in [-0.39, 0.29) is 11.9 Å². The third-order valence-corrected chi connectivity index (χ3v) is 4.57. The van der Waals surface area contributed by atoms with Crippen molar-refractivity contribution in [2.45, 2.75) is 38.6 Å². The molecular weight excluding hydrogens is 286 g/mol. The summed E-state index contributed by atoms with van der Waals surface area (Å²) in [7, 11) is 1.65. The second kappa shape index (κ2) is 6.86. The number of fused-ring (bicyclic) bond motifs is 1. The molecule has 0 aliphatic heterocycles. The van der Waals surface area contributed by atoms with Crippen molar-refractivity contribution in [2.75, 3.05) is 7.11 Å². The van der Waals surface area contributed by atoms with Crippen LogP contribution in [0.5, 0.6) is 5.75 Å². The lowest BCUT2D eigenvalue weighted by atomic mass is 9.90. The number of nitrogens with one attached hydrogen (secondary N) is 1. The highest BCUT2D eigenvalue weighted by atomic mass is 16.5. The lowest BCUT2D eigenvalue weighted by Gasteiger charge is -2.18. The largest absolute Gasteiger partial charge is 0.497 e. The Kier molecular flexibility index (Phi) is 4.65. The fourth-order valence-electron chi connectivity index (χ4n) is 3.13. The number of hydrogen-bond acceptors (Lipinski definition) is 2. The van der Waals surface area contributed by atoms with Crippen LogP contribution in [0.15, 0.2) is 42.5 Å². The van der Waals surface area contributed by atoms with Gasteiger partial charge in [-0.25, -0.2) is 0 Å². The van der Waals surface area contributed by atoms with Gasteiger partial charge in [0.05, 0.1) is 13.2 Å². The third-order valence-electron chi connectivity index (χ3n) is 4.57. The van der Waals surface area contributed by atoms with E-state index in [1.54, 1.807) is 7.11 Å². The van der Waals surface area contributed by atoms with E-state index in [1.807, 2.05) is 37.3 Å². The highest BCUT2D eigenvalue weighted by Gasteiger charge is 2.15. The van der Waals surface area contributed by atoms with Gasteiger partial charge in [-0.15, -0.1) is 0 Å². The normalized spacial score (nSPS) is 14.7. The Morgan fingerprint density at radius 1 is 1.04 bits per heavy atom. The number of aryl methyl sites for hydroxylation is 2. The van der Waals surface area contributed by atoms with Crippen LogP contribution in [0.4, 0.5) is 0 Å². The van der Waals surface area contributed by atoms with Gasteiger partial charge in [0.1, 0.15) is 5.75 Å². The minimum atomic E-state index is -0.0376. The summed E-state index contributed by atoms with van der Waals surface area (Å²) in [6, 6.07) is 13.9. The maximum atomic E-state index is 12.5. The molecule has 1 N–H and O–H groups in total. The molecule has 1 atom stereocenters. The quantitative estimate of drug-likeness (QED) is 0.924. The van der Waals surface area contributed by atoms with Crippen LogP contribution in [0.1, 0.15) is 52.9 Å². The smallest absolute Gasteiger partial charge is 0.251 e. The fourth-order valence-corrected chi connectivity index (χ4v) is 3.13. The summed E-state index contributed by atoms with van der Waals surface area (Å²) in [5.41, 5.74) is 4.56. The minimum Gasteiger partial charge on any atom is -0.497 e. The van der Waals surface area contributed by atoms with Crippen molar-refractivity contribution in [3.05, 3.63) is 64.7 Å². The van der Waals surface area contributed by atoms with Crippen LogP contribution in [0.3, 0.4) is 0 Å². The number of ether oxygens (including phenoxy) is 1. The molecule has 2 aromatic carbocycles. The molecule has 3 heteroatoms. The fraction of sp³-hybridized carbons (Fsp3) is 0.350. The molecule has 1 amide bonds. The first-order chi connectivity index (χ1) is 11.2. The zero-order valence-electron chi connectivity index (χ0n) is 13.8. The van der Waals surface area contributed by atoms with E-state index in [4.69, 9.17) is 4.74 Å². The highest BCUT2D eigenvalue weighted by Crippen LogP contribution is 2.23. The summed E-state index contributed by atoms with van der Waals surface area (Å²) < 4.78 is 5.16. The van der Waals surface area contributed by atoms with Gasteiger partial charge in [0.25, 0.3) is 5.91 Å². The molecule has 1 aliphatic carbocycles. The Bertz CT molecular complexity index is 691. The third kappa shape index (κ3) is 3.55. The monoisotopic (exact) mass is 309 g/mol. The van der Waals surface area contributed by atoms with Crippen molar-refractivity contribution in [2.24, 2.45) is 0 Å². The Balaban J connectivity index is 1.70. The number of carbonyl (C=O) groups is 1. The lowest BCUT2D eigenvalue weighted by molar-refractivity contribution is 0.0939. The maximum absolute atomic E-state index is 12.5. The number of carbonyl (C=O) groups excluding carboxylic acids is 1. The van der Waals surface area contributed by atoms with E-state index in [0.717, 1.165) is 29.7 Å². The molecule has 1 aliphatic rings. The van der Waals surface area contributed by atoms with Crippen LogP contribution in [-0.4, -0.2) is 13.0 Å². The topological polar surface area (TPSA) is 38.3 Å². The van der Waals surface area contributed by atoms with Gasteiger partial charge in [0, 0.05) is 5.56 Å². The summed E-state index contributed by atoms with van der Waals surface area (Å²) >= 11 is 0. The standard InChI is InChI=1S/C20H23NO2/c1-14(15-9-11-19(23-2)12-10-15)21-20(22)18-8-7-16-5-3-4-6-17(16)13-18/h7-14H,3-6H2,1-2H3,(H,21,22). The summed E-state index contributed by atoms with van der Waals surface area (Å²) in [4.78, 5) is 12.5. The molecule has 0 spiro atoms. The van der Waals surface area contributed by atoms with Crippen LogP contribution in [0.2, 0.25) is 0 Å². The number of amides is 1. The van der Waals surface area contributed by atoms with Gasteiger partial charge in [-0.2, -0.15) is 0 Å². The van der Waals surface area contributed by atoms with Crippen molar-refractivity contribution in [3.63, 3.8) is 0 Å². The van der Waals surface area contributed by atoms with Crippen molar-refractivity contribution in [1.29, 1.82) is 0 Å². The second-order valence-electron chi connectivity index (χ2n) is 6.16. The number of hydrogen-bond donors (Lipinski definition) is 1. The first kappa shape index (κ1) is 15.6. The first-order valence-electron chi connectivity index (χ1n) is 8.24. The molecule has 0 fully saturated rings. The average Bonchev–Trinajstić information content (AvgIpc) is 2.61. The Morgan fingerprint density at radius 3 is 2.43 bits per heavy atom. The summed E-state index contributed by atoms with van der Waals surface area (Å²) in [5.74, 6) is 0.809. The van der Waals surface area contributed by atoms with Gasteiger partial charge in [0.2, 0.25) is 0 Å². The number of rotatable bonds is 4. The van der Waals surface area contributed by atoms with Crippen LogP contribution in [-0.2, 0) is 12.8 Å². The van der Waals surface area contributed by atoms with Gasteiger partial charge in [-0.3, -0.25) is 4.79 Å². The molecule has 0 saturated heterocycles. The van der Waals surface area contributed by atoms with Gasteiger partial charge < -0.3 is 10.1 Å². The molecule has 120 valence electrons. The molecule has 0 bridgehead atoms. The van der Waals surface area contributed by atoms with Gasteiger partial charge in [0.15, 0.2) is 0 Å². The molecule has 3 nitrogen and oxygen atoms in total. The Morgan fingerprint density at radius 2 is 1.74 bits per heavy atom. The van der Waals surface area contributed by atoms with Gasteiger partial charge in [-0.05, 0) is 73.6 Å². The molecule has 3 rings (SSSR count). The van der Waals surface area contributed by atoms with Crippen LogP contribution < -0.4 is 10.1 Å². The first-order valence-corrected chi connectivity index (χ1v) is 8.24. The van der Waals surface area contributed by atoms with Crippen molar-refractivity contribution in [1.82, 2.24) is 5.32 Å². The predicted molar refractivity (Wildman–Crippen MR) is 92.0 cm³/mol. The molecule has 0 radical (unpaired) electrons. The number of benzene rings is 2. The summed E-state index contributed by atoms with van der Waals surface area (Å²) in [6.07, 6.45) is 4.71. The molecule has 2 aromatic rings. The molecule has 1 unspecified atom stereocenters. The van der Waals surface area contributed by atoms with Gasteiger partial charge >= 0.3 is 0 Å². The highest BCUT2D eigenvalue weighted by molar-refractivity contribution is 5.94. The van der Waals surface area contributed by atoms with Crippen molar-refractivity contribution >= 4 is 5.91 Å². The average molecular weight is 309 g/mol. The van der Waals surface area contributed by atoms with E-state index in [9.17, 15) is 4.79 Å². The van der Waals surface area contributed by atoms with Crippen molar-refractivity contribution in [3.8, 4) is 5.75 Å². The van der Waals surface area contributed by atoms with E-state index >= 15 is 0 Å². The maximum Gasteiger partial charge on any atom is 0.251 e. The summed E-state index contributed by atoms with van der Waals surface area (Å²) in [5, 5.41) is 3.08. The van der Waals surface area contributed by atoms with E-state index in [2.05, 4.69) is 17.4 Å². The number of methoxy groups -OCH3 is 1. The molecule has 0 saturated carbocycles. The molecule has 0 aromatic heterocycles. The van der Waals surface area contributed by atoms with E-state index < -0.39 is 0 Å². The zero-order chi connectivity index (χ0) is 16.2. The molecule has 23 heavy (non-hydrogen) atoms. The Labute approximate surface area is 137 Å². The van der Waals surface area contributed by atoms with Crippen LogP contribution >= 0.6 is 0 Å². The summed E-state index contributed by atoms with van der Waals surface area (Å²) in [6.45, 7) is 2.00. The molecular formula is C20H23NO2. The minimum absolute atomic E-state index is 0.0123. The van der Waals surface area contributed by atoms with Crippen LogP contribution in [0.25, 0.3) is 0 Å².